The van der Waals surface area contributed by atoms with E-state index in [1.165, 1.54) is 0 Å². The van der Waals surface area contributed by atoms with Crippen molar-refractivity contribution in [3.8, 4) is 5.75 Å². The zero-order valence-corrected chi connectivity index (χ0v) is 22.1. The van der Waals surface area contributed by atoms with Crippen molar-refractivity contribution in [2.75, 3.05) is 41.3 Å². The molecule has 9 nitrogen and oxygen atoms in total. The summed E-state index contributed by atoms with van der Waals surface area (Å²) in [5.41, 5.74) is 1.03. The van der Waals surface area contributed by atoms with Crippen molar-refractivity contribution in [2.45, 2.75) is 77.3 Å². The van der Waals surface area contributed by atoms with Crippen LogP contribution in [0.1, 0.15) is 46.1 Å². The van der Waals surface area contributed by atoms with Gasteiger partial charge in [-0.15, -0.1) is 0 Å². The van der Waals surface area contributed by atoms with Gasteiger partial charge in [0.1, 0.15) is 18.6 Å². The number of carbonyl (C=O) groups excluding carboxylic acids is 1. The van der Waals surface area contributed by atoms with E-state index in [2.05, 4.69) is 6.92 Å². The van der Waals surface area contributed by atoms with Crippen LogP contribution in [-0.4, -0.2) is 77.5 Å². The van der Waals surface area contributed by atoms with E-state index < -0.39 is 24.0 Å². The van der Waals surface area contributed by atoms with Crippen molar-refractivity contribution in [2.24, 2.45) is 5.92 Å². The van der Waals surface area contributed by atoms with Gasteiger partial charge in [0.2, 0.25) is 0 Å². The normalized spacial score (nSPS) is 21.9. The Balaban J connectivity index is 1.95. The van der Waals surface area contributed by atoms with Crippen molar-refractivity contribution >= 4 is 5.97 Å². The summed E-state index contributed by atoms with van der Waals surface area (Å²) in [6, 6.07) is 7.73. The third-order valence-electron chi connectivity index (χ3n) is 5.80. The second-order valence-electron chi connectivity index (χ2n) is 9.17. The molecule has 1 aromatic rings. The van der Waals surface area contributed by atoms with Gasteiger partial charge >= 0.3 is 5.97 Å². The minimum Gasteiger partial charge on any atom is -0.497 e. The standard InChI is InChI=1S/C26H42O9/c1-8-32-25(27)24-22(34-26(3,4)35-24)14-18(2)13-21(30-7)23(33-17-28-5)16-31-15-19-9-11-20(29-6)12-10-19/h9-12,18,21-24H,8,13-17H2,1-7H3/t18-,21+,22+,23+,24+/m0/s1. The zero-order valence-electron chi connectivity index (χ0n) is 22.1. The molecule has 0 aliphatic carbocycles. The lowest BCUT2D eigenvalue weighted by Crippen LogP contribution is -2.38. The van der Waals surface area contributed by atoms with Gasteiger partial charge in [-0.3, -0.25) is 0 Å². The van der Waals surface area contributed by atoms with Crippen molar-refractivity contribution < 1.29 is 42.7 Å². The van der Waals surface area contributed by atoms with Crippen LogP contribution in [-0.2, 0) is 44.6 Å². The first-order valence-electron chi connectivity index (χ1n) is 12.1. The van der Waals surface area contributed by atoms with Crippen LogP contribution in [0.15, 0.2) is 24.3 Å². The fraction of sp³-hybridized carbons (Fsp3) is 0.731. The number of ether oxygens (including phenoxy) is 8. The van der Waals surface area contributed by atoms with E-state index in [-0.39, 0.29) is 24.9 Å². The second-order valence-corrected chi connectivity index (χ2v) is 9.17. The average Bonchev–Trinajstić information content (AvgIpc) is 3.14. The predicted molar refractivity (Wildman–Crippen MR) is 129 cm³/mol. The van der Waals surface area contributed by atoms with Gasteiger partial charge in [0.05, 0.1) is 39.1 Å². The molecule has 1 heterocycles. The van der Waals surface area contributed by atoms with Gasteiger partial charge in [0.15, 0.2) is 11.9 Å². The summed E-state index contributed by atoms with van der Waals surface area (Å²) in [6.07, 6.45) is -0.447. The van der Waals surface area contributed by atoms with Crippen molar-refractivity contribution in [1.29, 1.82) is 0 Å². The predicted octanol–water partition coefficient (Wildman–Crippen LogP) is 3.72. The summed E-state index contributed by atoms with van der Waals surface area (Å²) < 4.78 is 45.0. The summed E-state index contributed by atoms with van der Waals surface area (Å²) >= 11 is 0. The Morgan fingerprint density at radius 2 is 1.80 bits per heavy atom. The number of hydrogen-bond donors (Lipinski definition) is 0. The van der Waals surface area contributed by atoms with Gasteiger partial charge in [-0.2, -0.15) is 0 Å². The highest BCUT2D eigenvalue weighted by Gasteiger charge is 2.46. The molecule has 0 saturated carbocycles. The molecule has 9 heteroatoms. The molecule has 1 aliphatic heterocycles. The maximum atomic E-state index is 12.4. The number of hydrogen-bond acceptors (Lipinski definition) is 9. The van der Waals surface area contributed by atoms with Crippen LogP contribution in [0.4, 0.5) is 0 Å². The molecule has 0 bridgehead atoms. The van der Waals surface area contributed by atoms with Crippen molar-refractivity contribution in [3.63, 3.8) is 0 Å². The molecule has 0 aromatic heterocycles. The summed E-state index contributed by atoms with van der Waals surface area (Å²) in [5, 5.41) is 0. The van der Waals surface area contributed by atoms with Crippen molar-refractivity contribution in [3.05, 3.63) is 29.8 Å². The fourth-order valence-corrected chi connectivity index (χ4v) is 4.15. The lowest BCUT2D eigenvalue weighted by Gasteiger charge is -2.29. The number of carbonyl (C=O) groups is 1. The summed E-state index contributed by atoms with van der Waals surface area (Å²) in [6.45, 7) is 8.67. The summed E-state index contributed by atoms with van der Waals surface area (Å²) in [5.74, 6) is -0.294. The number of methoxy groups -OCH3 is 3. The van der Waals surface area contributed by atoms with Crippen LogP contribution >= 0.6 is 0 Å². The molecule has 0 spiro atoms. The van der Waals surface area contributed by atoms with Gasteiger partial charge in [-0.05, 0) is 57.2 Å². The minimum absolute atomic E-state index is 0.128. The Morgan fingerprint density at radius 3 is 2.40 bits per heavy atom. The first-order chi connectivity index (χ1) is 16.7. The monoisotopic (exact) mass is 498 g/mol. The van der Waals surface area contributed by atoms with Gasteiger partial charge in [0, 0.05) is 14.2 Å². The summed E-state index contributed by atoms with van der Waals surface area (Å²) in [7, 11) is 4.87. The molecule has 0 amide bonds. The molecule has 0 unspecified atom stereocenters. The highest BCUT2D eigenvalue weighted by molar-refractivity contribution is 5.75. The molecule has 1 saturated heterocycles. The molecule has 1 aromatic carbocycles. The third-order valence-corrected chi connectivity index (χ3v) is 5.80. The first kappa shape index (κ1) is 29.5. The lowest BCUT2D eigenvalue weighted by atomic mass is 9.93. The fourth-order valence-electron chi connectivity index (χ4n) is 4.15. The smallest absolute Gasteiger partial charge is 0.338 e. The van der Waals surface area contributed by atoms with Crippen molar-refractivity contribution in [1.82, 2.24) is 0 Å². The largest absolute Gasteiger partial charge is 0.497 e. The Kier molecular flexibility index (Phi) is 12.4. The van der Waals surface area contributed by atoms with E-state index in [4.69, 9.17) is 37.9 Å². The SMILES string of the molecule is CCOC(=O)[C@@H]1OC(C)(C)O[C@@H]1C[C@@H](C)C[C@@H](OC)[C@@H](COCc1ccc(OC)cc1)OCOC. The van der Waals surface area contributed by atoms with Crippen LogP contribution in [0, 0.1) is 5.92 Å². The minimum atomic E-state index is -0.845. The van der Waals surface area contributed by atoms with Gasteiger partial charge in [-0.1, -0.05) is 19.1 Å². The lowest BCUT2D eigenvalue weighted by molar-refractivity contribution is -0.170. The van der Waals surface area contributed by atoms with Crippen LogP contribution in [0.25, 0.3) is 0 Å². The molecular weight excluding hydrogens is 456 g/mol. The highest BCUT2D eigenvalue weighted by atomic mass is 16.8. The maximum absolute atomic E-state index is 12.4. The third kappa shape index (κ3) is 9.67. The molecule has 0 N–H and O–H groups in total. The Bertz CT molecular complexity index is 737. The van der Waals surface area contributed by atoms with Crippen LogP contribution < -0.4 is 4.74 Å². The van der Waals surface area contributed by atoms with Gasteiger partial charge < -0.3 is 37.9 Å². The van der Waals surface area contributed by atoms with E-state index in [0.717, 1.165) is 11.3 Å². The van der Waals surface area contributed by atoms with E-state index in [1.54, 1.807) is 42.1 Å². The molecule has 200 valence electrons. The molecule has 35 heavy (non-hydrogen) atoms. The molecule has 5 atom stereocenters. The van der Waals surface area contributed by atoms with E-state index in [1.807, 2.05) is 24.3 Å². The topological polar surface area (TPSA) is 90.9 Å². The van der Waals surface area contributed by atoms with Crippen LogP contribution in [0.3, 0.4) is 0 Å². The van der Waals surface area contributed by atoms with Gasteiger partial charge in [-0.25, -0.2) is 4.79 Å². The molecule has 0 radical (unpaired) electrons. The van der Waals surface area contributed by atoms with E-state index in [0.29, 0.717) is 32.7 Å². The first-order valence-corrected chi connectivity index (χ1v) is 12.1. The quantitative estimate of drug-likeness (QED) is 0.250. The number of esters is 1. The molecule has 1 fully saturated rings. The van der Waals surface area contributed by atoms with E-state index in [9.17, 15) is 4.79 Å². The van der Waals surface area contributed by atoms with Crippen LogP contribution in [0.5, 0.6) is 5.75 Å². The maximum Gasteiger partial charge on any atom is 0.338 e. The van der Waals surface area contributed by atoms with E-state index >= 15 is 0 Å². The molecule has 2 rings (SSSR count). The summed E-state index contributed by atoms with van der Waals surface area (Å²) in [4.78, 5) is 12.4. The number of benzene rings is 1. The molecular formula is C26H42O9. The Labute approximate surface area is 209 Å². The highest BCUT2D eigenvalue weighted by Crippen LogP contribution is 2.33. The Morgan fingerprint density at radius 1 is 1.09 bits per heavy atom. The Hall–Kier alpha value is -1.75. The van der Waals surface area contributed by atoms with Gasteiger partial charge in [0.25, 0.3) is 0 Å². The average molecular weight is 499 g/mol. The second kappa shape index (κ2) is 14.7. The zero-order chi connectivity index (χ0) is 25.8. The number of rotatable bonds is 16. The van der Waals surface area contributed by atoms with Crippen LogP contribution in [0.2, 0.25) is 0 Å². The molecule has 1 aliphatic rings.